The van der Waals surface area contributed by atoms with Gasteiger partial charge < -0.3 is 5.32 Å². The number of nitrogens with zero attached hydrogens (tertiary/aromatic N) is 1. The number of sulfonamides is 1. The molecular formula is C15H19N3O2S. The van der Waals surface area contributed by atoms with E-state index in [2.05, 4.69) is 15.0 Å². The van der Waals surface area contributed by atoms with E-state index in [1.807, 2.05) is 33.0 Å². The zero-order chi connectivity index (χ0) is 15.5. The Bertz CT molecular complexity index is 725. The van der Waals surface area contributed by atoms with Crippen LogP contribution in [0.2, 0.25) is 0 Å². The first-order chi connectivity index (χ1) is 9.92. The number of hydrogen-bond donors (Lipinski definition) is 2. The molecule has 0 atom stereocenters. The molecule has 0 fully saturated rings. The van der Waals surface area contributed by atoms with Gasteiger partial charge in [-0.1, -0.05) is 12.1 Å². The number of benzene rings is 1. The van der Waals surface area contributed by atoms with Crippen molar-refractivity contribution in [1.82, 2.24) is 10.3 Å². The third-order valence-electron chi connectivity index (χ3n) is 3.21. The Morgan fingerprint density at radius 2 is 1.86 bits per heavy atom. The van der Waals surface area contributed by atoms with E-state index in [1.54, 1.807) is 18.3 Å². The maximum absolute atomic E-state index is 12.3. The highest BCUT2D eigenvalue weighted by Crippen LogP contribution is 2.18. The van der Waals surface area contributed by atoms with E-state index in [0.717, 1.165) is 16.7 Å². The maximum atomic E-state index is 12.3. The molecular weight excluding hydrogens is 286 g/mol. The topological polar surface area (TPSA) is 71.1 Å². The van der Waals surface area contributed by atoms with Gasteiger partial charge in [-0.15, -0.1) is 0 Å². The summed E-state index contributed by atoms with van der Waals surface area (Å²) in [4.78, 5) is 4.01. The smallest absolute Gasteiger partial charge is 0.279 e. The van der Waals surface area contributed by atoms with Gasteiger partial charge in [-0.25, -0.2) is 4.98 Å². The normalized spacial score (nSPS) is 11.4. The number of anilines is 1. The second kappa shape index (κ2) is 6.24. The van der Waals surface area contributed by atoms with Gasteiger partial charge in [0.25, 0.3) is 10.0 Å². The van der Waals surface area contributed by atoms with Crippen LogP contribution >= 0.6 is 0 Å². The van der Waals surface area contributed by atoms with Gasteiger partial charge >= 0.3 is 0 Å². The molecule has 0 aliphatic rings. The van der Waals surface area contributed by atoms with E-state index >= 15 is 0 Å². The number of aryl methyl sites for hydroxylation is 2. The van der Waals surface area contributed by atoms with Crippen molar-refractivity contribution in [3.05, 3.63) is 53.2 Å². The standard InChI is InChI=1S/C15H19N3O2S/c1-11-4-6-14(8-12(11)2)18-21(19,20)15-7-5-13(9-16-3)10-17-15/h4-8,10,16,18H,9H2,1-3H3. The summed E-state index contributed by atoms with van der Waals surface area (Å²) in [5.41, 5.74) is 3.63. The van der Waals surface area contributed by atoms with E-state index in [4.69, 9.17) is 0 Å². The fourth-order valence-electron chi connectivity index (χ4n) is 1.89. The average Bonchev–Trinajstić information content (AvgIpc) is 2.44. The first kappa shape index (κ1) is 15.5. The molecule has 0 aliphatic carbocycles. The summed E-state index contributed by atoms with van der Waals surface area (Å²) in [6.07, 6.45) is 1.56. The van der Waals surface area contributed by atoms with Crippen molar-refractivity contribution in [3.8, 4) is 0 Å². The Morgan fingerprint density at radius 1 is 1.10 bits per heavy atom. The Balaban J connectivity index is 2.23. The van der Waals surface area contributed by atoms with E-state index in [9.17, 15) is 8.42 Å². The first-order valence-corrected chi connectivity index (χ1v) is 8.10. The summed E-state index contributed by atoms with van der Waals surface area (Å²) in [5, 5.41) is 3.00. The Labute approximate surface area is 125 Å². The molecule has 0 spiro atoms. The van der Waals surface area contributed by atoms with Gasteiger partial charge in [0.05, 0.1) is 0 Å². The lowest BCUT2D eigenvalue weighted by molar-refractivity contribution is 0.597. The van der Waals surface area contributed by atoms with E-state index in [0.29, 0.717) is 12.2 Å². The second-order valence-electron chi connectivity index (χ2n) is 4.94. The first-order valence-electron chi connectivity index (χ1n) is 6.62. The fourth-order valence-corrected chi connectivity index (χ4v) is 2.87. The summed E-state index contributed by atoms with van der Waals surface area (Å²) in [5.74, 6) is 0. The summed E-state index contributed by atoms with van der Waals surface area (Å²) in [6, 6.07) is 8.70. The van der Waals surface area contributed by atoms with Crippen molar-refractivity contribution in [2.45, 2.75) is 25.4 Å². The van der Waals surface area contributed by atoms with Gasteiger partial charge in [0, 0.05) is 18.4 Å². The van der Waals surface area contributed by atoms with Crippen molar-refractivity contribution < 1.29 is 8.42 Å². The predicted octanol–water partition coefficient (Wildman–Crippen LogP) is 2.22. The zero-order valence-corrected chi connectivity index (χ0v) is 13.2. The third kappa shape index (κ3) is 3.80. The van der Waals surface area contributed by atoms with Gasteiger partial charge in [-0.3, -0.25) is 4.72 Å². The number of rotatable bonds is 5. The lowest BCUT2D eigenvalue weighted by Crippen LogP contribution is -2.15. The highest BCUT2D eigenvalue weighted by molar-refractivity contribution is 7.92. The highest BCUT2D eigenvalue weighted by atomic mass is 32.2. The molecule has 1 aromatic carbocycles. The van der Waals surface area contributed by atoms with Crippen LogP contribution in [0.15, 0.2) is 41.6 Å². The second-order valence-corrected chi connectivity index (χ2v) is 6.57. The minimum Gasteiger partial charge on any atom is -0.316 e. The molecule has 1 aromatic heterocycles. The van der Waals surface area contributed by atoms with Crippen LogP contribution in [-0.2, 0) is 16.6 Å². The van der Waals surface area contributed by atoms with Crippen LogP contribution in [0.5, 0.6) is 0 Å². The quantitative estimate of drug-likeness (QED) is 0.888. The van der Waals surface area contributed by atoms with Crippen LogP contribution in [0.25, 0.3) is 0 Å². The molecule has 0 saturated heterocycles. The van der Waals surface area contributed by atoms with Crippen LogP contribution in [0.1, 0.15) is 16.7 Å². The number of hydrogen-bond acceptors (Lipinski definition) is 4. The molecule has 21 heavy (non-hydrogen) atoms. The van der Waals surface area contributed by atoms with Crippen molar-refractivity contribution in [3.63, 3.8) is 0 Å². The van der Waals surface area contributed by atoms with Gasteiger partial charge in [-0.05, 0) is 55.8 Å². The minimum absolute atomic E-state index is 0.0144. The molecule has 0 bridgehead atoms. The predicted molar refractivity (Wildman–Crippen MR) is 83.7 cm³/mol. The molecule has 0 unspecified atom stereocenters. The van der Waals surface area contributed by atoms with Gasteiger partial charge in [0.2, 0.25) is 0 Å². The van der Waals surface area contributed by atoms with Crippen LogP contribution in [-0.4, -0.2) is 20.4 Å². The van der Waals surface area contributed by atoms with Gasteiger partial charge in [0.1, 0.15) is 0 Å². The molecule has 2 N–H and O–H groups in total. The molecule has 0 saturated carbocycles. The molecule has 6 heteroatoms. The Kier molecular flexibility index (Phi) is 4.59. The third-order valence-corrected chi connectivity index (χ3v) is 4.51. The van der Waals surface area contributed by atoms with E-state index in [-0.39, 0.29) is 5.03 Å². The largest absolute Gasteiger partial charge is 0.316 e. The van der Waals surface area contributed by atoms with E-state index in [1.165, 1.54) is 6.07 Å². The van der Waals surface area contributed by atoms with Crippen LogP contribution in [0.4, 0.5) is 5.69 Å². The van der Waals surface area contributed by atoms with Crippen molar-refractivity contribution >= 4 is 15.7 Å². The molecule has 1 heterocycles. The lowest BCUT2D eigenvalue weighted by atomic mass is 10.1. The lowest BCUT2D eigenvalue weighted by Gasteiger charge is -2.09. The number of nitrogens with one attached hydrogen (secondary N) is 2. The van der Waals surface area contributed by atoms with Crippen molar-refractivity contribution in [2.75, 3.05) is 11.8 Å². The Morgan fingerprint density at radius 3 is 2.43 bits per heavy atom. The average molecular weight is 305 g/mol. The molecule has 0 aliphatic heterocycles. The molecule has 112 valence electrons. The summed E-state index contributed by atoms with van der Waals surface area (Å²) in [6.45, 7) is 4.57. The van der Waals surface area contributed by atoms with Crippen LogP contribution < -0.4 is 10.0 Å². The number of pyridine rings is 1. The summed E-state index contributed by atoms with van der Waals surface area (Å²) in [7, 11) is -1.83. The molecule has 0 amide bonds. The van der Waals surface area contributed by atoms with Crippen molar-refractivity contribution in [1.29, 1.82) is 0 Å². The monoisotopic (exact) mass is 305 g/mol. The summed E-state index contributed by atoms with van der Waals surface area (Å²) >= 11 is 0. The molecule has 5 nitrogen and oxygen atoms in total. The molecule has 0 radical (unpaired) electrons. The highest BCUT2D eigenvalue weighted by Gasteiger charge is 2.15. The van der Waals surface area contributed by atoms with Crippen LogP contribution in [0.3, 0.4) is 0 Å². The molecule has 2 rings (SSSR count). The summed E-state index contributed by atoms with van der Waals surface area (Å²) < 4.78 is 27.1. The van der Waals surface area contributed by atoms with E-state index < -0.39 is 10.0 Å². The zero-order valence-electron chi connectivity index (χ0n) is 12.3. The Hall–Kier alpha value is -1.92. The fraction of sp³-hybridized carbons (Fsp3) is 0.267. The number of aromatic nitrogens is 1. The van der Waals surface area contributed by atoms with Gasteiger partial charge in [-0.2, -0.15) is 8.42 Å². The SMILES string of the molecule is CNCc1ccc(S(=O)(=O)Nc2ccc(C)c(C)c2)nc1. The minimum atomic E-state index is -3.66. The maximum Gasteiger partial charge on any atom is 0.279 e. The van der Waals surface area contributed by atoms with Gasteiger partial charge in [0.15, 0.2) is 5.03 Å². The van der Waals surface area contributed by atoms with Crippen LogP contribution in [0, 0.1) is 13.8 Å². The van der Waals surface area contributed by atoms with Crippen molar-refractivity contribution in [2.24, 2.45) is 0 Å². The molecule has 2 aromatic rings.